The number of hydrogen-bond acceptors (Lipinski definition) is 5. The quantitative estimate of drug-likeness (QED) is 0.194. The van der Waals surface area contributed by atoms with Crippen LogP contribution in [0.1, 0.15) is 50.8 Å². The lowest BCUT2D eigenvalue weighted by atomic mass is 10.0. The van der Waals surface area contributed by atoms with Crippen LogP contribution in [0.2, 0.25) is 0 Å². The number of carboxylic acids is 1. The predicted octanol–water partition coefficient (Wildman–Crippen LogP) is 8.01. The van der Waals surface area contributed by atoms with Crippen LogP contribution in [0.5, 0.6) is 11.5 Å². The fourth-order valence-corrected chi connectivity index (χ4v) is 5.30. The second-order valence-corrected chi connectivity index (χ2v) is 9.47. The summed E-state index contributed by atoms with van der Waals surface area (Å²) in [6.07, 6.45) is 7.23. The highest BCUT2D eigenvalue weighted by Crippen LogP contribution is 2.50. The van der Waals surface area contributed by atoms with Crippen LogP contribution in [0.3, 0.4) is 0 Å². The number of aliphatic carboxylic acids is 1. The minimum atomic E-state index is -1.22. The highest BCUT2D eigenvalue weighted by molar-refractivity contribution is 7.16. The van der Waals surface area contributed by atoms with Crippen LogP contribution < -0.4 is 9.64 Å². The molecule has 0 bridgehead atoms. The zero-order valence-electron chi connectivity index (χ0n) is 19.5. The number of thiophene rings is 1. The van der Waals surface area contributed by atoms with Crippen molar-refractivity contribution in [3.8, 4) is 28.0 Å². The van der Waals surface area contributed by atoms with Crippen molar-refractivity contribution in [1.82, 2.24) is 0 Å². The third kappa shape index (κ3) is 4.85. The number of benzene rings is 2. The van der Waals surface area contributed by atoms with E-state index in [0.717, 1.165) is 51.0 Å². The first-order valence-corrected chi connectivity index (χ1v) is 12.5. The maximum absolute atomic E-state index is 11.2. The monoisotopic (exact) mass is 472 g/mol. The Kier molecular flexibility index (Phi) is 7.34. The summed E-state index contributed by atoms with van der Waals surface area (Å²) in [7, 11) is 0. The van der Waals surface area contributed by atoms with Gasteiger partial charge in [-0.1, -0.05) is 51.3 Å². The molecule has 174 valence electrons. The molecule has 4 rings (SSSR count). The van der Waals surface area contributed by atoms with Gasteiger partial charge in [0.05, 0.1) is 11.4 Å². The summed E-state index contributed by atoms with van der Waals surface area (Å²) < 4.78 is 6.34. The maximum atomic E-state index is 11.2. The SMILES string of the molecule is CCCCCC(CC)N1c2ccccc2Oc2cc(-c3ccc(/C=C(/C#N)C(=O)O)s3)ccc21. The van der Waals surface area contributed by atoms with Gasteiger partial charge in [-0.2, -0.15) is 5.26 Å². The van der Waals surface area contributed by atoms with Gasteiger partial charge in [0.1, 0.15) is 11.6 Å². The topological polar surface area (TPSA) is 73.6 Å². The maximum Gasteiger partial charge on any atom is 0.346 e. The largest absolute Gasteiger partial charge is 0.477 e. The van der Waals surface area contributed by atoms with Crippen LogP contribution in [0.4, 0.5) is 11.4 Å². The Morgan fingerprint density at radius 3 is 2.65 bits per heavy atom. The lowest BCUT2D eigenvalue weighted by molar-refractivity contribution is -0.132. The van der Waals surface area contributed by atoms with E-state index in [1.807, 2.05) is 24.3 Å². The van der Waals surface area contributed by atoms with Crippen molar-refractivity contribution in [3.63, 3.8) is 0 Å². The van der Waals surface area contributed by atoms with Crippen molar-refractivity contribution in [1.29, 1.82) is 5.26 Å². The molecule has 1 aromatic heterocycles. The molecule has 0 amide bonds. The van der Waals surface area contributed by atoms with Gasteiger partial charge in [0.25, 0.3) is 0 Å². The van der Waals surface area contributed by atoms with E-state index in [9.17, 15) is 4.79 Å². The summed E-state index contributed by atoms with van der Waals surface area (Å²) in [5.74, 6) is 0.456. The van der Waals surface area contributed by atoms with Gasteiger partial charge < -0.3 is 14.7 Å². The van der Waals surface area contributed by atoms with Crippen molar-refractivity contribution in [2.24, 2.45) is 0 Å². The fourth-order valence-electron chi connectivity index (χ4n) is 4.35. The minimum Gasteiger partial charge on any atom is -0.477 e. The van der Waals surface area contributed by atoms with Crippen molar-refractivity contribution in [2.75, 3.05) is 4.90 Å². The third-order valence-electron chi connectivity index (χ3n) is 6.09. The lowest BCUT2D eigenvalue weighted by Crippen LogP contribution is -2.32. The van der Waals surface area contributed by atoms with Crippen LogP contribution >= 0.6 is 11.3 Å². The molecule has 0 spiro atoms. The summed E-state index contributed by atoms with van der Waals surface area (Å²) in [4.78, 5) is 15.3. The van der Waals surface area contributed by atoms with Gasteiger partial charge in [0, 0.05) is 15.8 Å². The number of rotatable bonds is 9. The number of carboxylic acid groups (broad SMARTS) is 1. The molecule has 34 heavy (non-hydrogen) atoms. The third-order valence-corrected chi connectivity index (χ3v) is 7.17. The molecule has 1 unspecified atom stereocenters. The summed E-state index contributed by atoms with van der Waals surface area (Å²) >= 11 is 1.45. The average molecular weight is 473 g/mol. The summed E-state index contributed by atoms with van der Waals surface area (Å²) in [6, 6.07) is 20.4. The fraction of sp³-hybridized carbons (Fsp3) is 0.286. The number of nitrogens with zero attached hydrogens (tertiary/aromatic N) is 2. The van der Waals surface area contributed by atoms with E-state index < -0.39 is 5.97 Å². The van der Waals surface area contributed by atoms with E-state index >= 15 is 0 Å². The predicted molar refractivity (Wildman–Crippen MR) is 138 cm³/mol. The van der Waals surface area contributed by atoms with Crippen molar-refractivity contribution < 1.29 is 14.6 Å². The number of carbonyl (C=O) groups is 1. The van der Waals surface area contributed by atoms with Crippen molar-refractivity contribution in [3.05, 3.63) is 65.0 Å². The number of anilines is 2. The molecular formula is C28H28N2O3S. The van der Waals surface area contributed by atoms with Gasteiger partial charge in [-0.05, 0) is 60.9 Å². The number of para-hydroxylation sites is 2. The first kappa shape index (κ1) is 23.6. The Labute approximate surface area is 204 Å². The standard InChI is InChI=1S/C28H28N2O3S/c1-3-5-6-9-21(4-2)30-23-10-7-8-11-25(23)33-26-17-19(12-14-24(26)30)27-15-13-22(34-27)16-20(18-29)28(31)32/h7-8,10-17,21H,3-6,9H2,1-2H3,(H,31,32)/b20-16-. The summed E-state index contributed by atoms with van der Waals surface area (Å²) in [6.45, 7) is 4.48. The van der Waals surface area contributed by atoms with Gasteiger partial charge >= 0.3 is 5.97 Å². The molecule has 5 nitrogen and oxygen atoms in total. The lowest BCUT2D eigenvalue weighted by Gasteiger charge is -2.38. The highest BCUT2D eigenvalue weighted by atomic mass is 32.1. The number of nitriles is 1. The summed E-state index contributed by atoms with van der Waals surface area (Å²) in [5.41, 5.74) is 2.89. The first-order valence-electron chi connectivity index (χ1n) is 11.7. The molecule has 1 aliphatic rings. The number of hydrogen-bond donors (Lipinski definition) is 1. The van der Waals surface area contributed by atoms with Gasteiger partial charge in [-0.3, -0.25) is 0 Å². The molecule has 3 aromatic rings. The van der Waals surface area contributed by atoms with Crippen molar-refractivity contribution >= 4 is 34.8 Å². The summed E-state index contributed by atoms with van der Waals surface area (Å²) in [5, 5.41) is 18.2. The Morgan fingerprint density at radius 1 is 1.12 bits per heavy atom. The van der Waals surface area contributed by atoms with Crippen LogP contribution in [0.25, 0.3) is 16.5 Å². The first-order chi connectivity index (χ1) is 16.5. The second kappa shape index (κ2) is 10.6. The van der Waals surface area contributed by atoms with Gasteiger partial charge in [-0.15, -0.1) is 11.3 Å². The molecule has 2 heterocycles. The van der Waals surface area contributed by atoms with E-state index in [1.54, 1.807) is 6.07 Å². The van der Waals surface area contributed by atoms with Gasteiger partial charge in [-0.25, -0.2) is 4.79 Å². The molecular weight excluding hydrogens is 444 g/mol. The molecule has 0 aliphatic carbocycles. The van der Waals surface area contributed by atoms with E-state index in [2.05, 4.69) is 49.1 Å². The molecule has 0 radical (unpaired) electrons. The minimum absolute atomic E-state index is 0.275. The number of unbranched alkanes of at least 4 members (excludes halogenated alkanes) is 2. The van der Waals surface area contributed by atoms with Crippen LogP contribution in [-0.2, 0) is 4.79 Å². The zero-order chi connectivity index (χ0) is 24.1. The van der Waals surface area contributed by atoms with Gasteiger partial charge in [0.2, 0.25) is 0 Å². The molecule has 2 aromatic carbocycles. The van der Waals surface area contributed by atoms with Crippen LogP contribution in [0, 0.1) is 11.3 Å². The van der Waals surface area contributed by atoms with Crippen LogP contribution in [0.15, 0.2) is 60.2 Å². The number of ether oxygens (including phenoxy) is 1. The zero-order valence-corrected chi connectivity index (χ0v) is 20.3. The van der Waals surface area contributed by atoms with E-state index in [4.69, 9.17) is 15.1 Å². The van der Waals surface area contributed by atoms with Gasteiger partial charge in [0.15, 0.2) is 11.5 Å². The van der Waals surface area contributed by atoms with E-state index in [1.165, 1.54) is 36.7 Å². The molecule has 6 heteroatoms. The van der Waals surface area contributed by atoms with E-state index in [-0.39, 0.29) is 5.57 Å². The Morgan fingerprint density at radius 2 is 1.91 bits per heavy atom. The average Bonchev–Trinajstić information content (AvgIpc) is 3.32. The van der Waals surface area contributed by atoms with Crippen molar-refractivity contribution in [2.45, 2.75) is 52.0 Å². The molecule has 0 saturated carbocycles. The molecule has 0 saturated heterocycles. The molecule has 0 fully saturated rings. The second-order valence-electron chi connectivity index (χ2n) is 8.36. The van der Waals surface area contributed by atoms with Crippen LogP contribution in [-0.4, -0.2) is 17.1 Å². The molecule has 1 N–H and O–H groups in total. The Hall–Kier alpha value is -3.56. The molecule has 1 atom stereocenters. The number of fused-ring (bicyclic) bond motifs is 2. The molecule has 1 aliphatic heterocycles. The normalized spacial score (nSPS) is 13.4. The Balaban J connectivity index is 1.69. The Bertz CT molecular complexity index is 1250. The van der Waals surface area contributed by atoms with E-state index in [0.29, 0.717) is 6.04 Å². The smallest absolute Gasteiger partial charge is 0.346 e. The highest BCUT2D eigenvalue weighted by Gasteiger charge is 2.29.